The Morgan fingerprint density at radius 1 is 1.33 bits per heavy atom. The van der Waals surface area contributed by atoms with Crippen molar-refractivity contribution in [1.29, 1.82) is 0 Å². The molecule has 2 rings (SSSR count). The second kappa shape index (κ2) is 7.43. The summed E-state index contributed by atoms with van der Waals surface area (Å²) in [6, 6.07) is 6.80. The van der Waals surface area contributed by atoms with Crippen LogP contribution in [-0.4, -0.2) is 23.5 Å². The van der Waals surface area contributed by atoms with Gasteiger partial charge in [-0.2, -0.15) is 0 Å². The van der Waals surface area contributed by atoms with E-state index in [1.165, 1.54) is 6.08 Å². The fourth-order valence-electron chi connectivity index (χ4n) is 2.06. The molecular weight excluding hydrogens is 268 g/mol. The maximum atomic E-state index is 11.6. The molecule has 0 saturated heterocycles. The molecule has 0 radical (unpaired) electrons. The molecule has 0 aromatic heterocycles. The Bertz CT molecular complexity index is 555. The summed E-state index contributed by atoms with van der Waals surface area (Å²) in [6.07, 6.45) is 8.44. The molecule has 1 unspecified atom stereocenters. The lowest BCUT2D eigenvalue weighted by molar-refractivity contribution is -0.137. The molecule has 0 saturated carbocycles. The van der Waals surface area contributed by atoms with Crippen molar-refractivity contribution in [2.75, 3.05) is 6.61 Å². The van der Waals surface area contributed by atoms with Gasteiger partial charge >= 0.3 is 5.97 Å². The summed E-state index contributed by atoms with van der Waals surface area (Å²) in [6.45, 7) is 0.299. The van der Waals surface area contributed by atoms with Gasteiger partial charge in [-0.3, -0.25) is 4.79 Å². The van der Waals surface area contributed by atoms with Crippen LogP contribution in [0.5, 0.6) is 5.75 Å². The van der Waals surface area contributed by atoms with Crippen molar-refractivity contribution >= 4 is 11.8 Å². The van der Waals surface area contributed by atoms with E-state index in [2.05, 4.69) is 0 Å². The van der Waals surface area contributed by atoms with E-state index in [4.69, 9.17) is 9.84 Å². The van der Waals surface area contributed by atoms with Crippen LogP contribution in [0.4, 0.5) is 0 Å². The Hall–Kier alpha value is -2.36. The molecule has 0 aliphatic heterocycles. The number of carbonyl (C=O) groups is 2. The minimum Gasteiger partial charge on any atom is -0.508 e. The van der Waals surface area contributed by atoms with Crippen LogP contribution in [0, 0.1) is 5.92 Å². The summed E-state index contributed by atoms with van der Waals surface area (Å²) in [5.41, 5.74) is 0.998. The van der Waals surface area contributed by atoms with Crippen molar-refractivity contribution in [1.82, 2.24) is 0 Å². The largest absolute Gasteiger partial charge is 0.508 e. The Balaban J connectivity index is 1.71. The van der Waals surface area contributed by atoms with Gasteiger partial charge in [-0.05, 0) is 36.1 Å². The highest BCUT2D eigenvalue weighted by Gasteiger charge is 2.10. The van der Waals surface area contributed by atoms with Gasteiger partial charge < -0.3 is 9.84 Å². The fraction of sp³-hybridized carbons (Fsp3) is 0.294. The highest BCUT2D eigenvalue weighted by atomic mass is 16.5. The minimum absolute atomic E-state index is 0.132. The van der Waals surface area contributed by atoms with Crippen molar-refractivity contribution in [2.24, 2.45) is 5.92 Å². The van der Waals surface area contributed by atoms with Gasteiger partial charge in [-0.15, -0.1) is 0 Å². The van der Waals surface area contributed by atoms with E-state index in [0.29, 0.717) is 19.4 Å². The molecule has 1 atom stereocenters. The highest BCUT2D eigenvalue weighted by Crippen LogP contribution is 2.16. The van der Waals surface area contributed by atoms with Gasteiger partial charge in [0.05, 0.1) is 6.61 Å². The maximum Gasteiger partial charge on any atom is 0.330 e. The Kier molecular flexibility index (Phi) is 5.32. The van der Waals surface area contributed by atoms with Crippen molar-refractivity contribution in [3.05, 3.63) is 54.1 Å². The first kappa shape index (κ1) is 15.0. The molecule has 21 heavy (non-hydrogen) atoms. The number of ketones is 1. The van der Waals surface area contributed by atoms with Crippen molar-refractivity contribution in [3.63, 3.8) is 0 Å². The van der Waals surface area contributed by atoms with Gasteiger partial charge in [0.1, 0.15) is 5.75 Å². The zero-order valence-corrected chi connectivity index (χ0v) is 11.7. The number of ether oxygens (including phenoxy) is 1. The number of hydrogen-bond acceptors (Lipinski definition) is 4. The summed E-state index contributed by atoms with van der Waals surface area (Å²) in [4.78, 5) is 22.6. The molecule has 1 aliphatic rings. The van der Waals surface area contributed by atoms with Crippen LogP contribution in [0.25, 0.3) is 0 Å². The molecule has 0 fully saturated rings. The predicted molar refractivity (Wildman–Crippen MR) is 78.8 cm³/mol. The van der Waals surface area contributed by atoms with Crippen LogP contribution < -0.4 is 0 Å². The molecule has 4 nitrogen and oxygen atoms in total. The molecule has 1 aromatic carbocycles. The van der Waals surface area contributed by atoms with E-state index in [9.17, 15) is 9.59 Å². The van der Waals surface area contributed by atoms with E-state index in [-0.39, 0.29) is 23.4 Å². The number of hydrogen-bond donors (Lipinski definition) is 1. The maximum absolute atomic E-state index is 11.6. The zero-order valence-electron chi connectivity index (χ0n) is 11.7. The number of allylic oxidation sites excluding steroid dienone is 3. The lowest BCUT2D eigenvalue weighted by Crippen LogP contribution is -2.08. The lowest BCUT2D eigenvalue weighted by atomic mass is 9.95. The van der Waals surface area contributed by atoms with Gasteiger partial charge in [-0.1, -0.05) is 24.3 Å². The number of phenolic OH excluding ortho intramolecular Hbond substituents is 1. The van der Waals surface area contributed by atoms with Crippen LogP contribution in [-0.2, 0) is 20.7 Å². The Labute approximate surface area is 123 Å². The van der Waals surface area contributed by atoms with Gasteiger partial charge in [0.2, 0.25) is 0 Å². The van der Waals surface area contributed by atoms with Crippen molar-refractivity contribution in [3.8, 4) is 5.75 Å². The molecule has 0 amide bonds. The quantitative estimate of drug-likeness (QED) is 0.667. The van der Waals surface area contributed by atoms with Gasteiger partial charge in [0.25, 0.3) is 0 Å². The molecule has 1 N–H and O–H groups in total. The van der Waals surface area contributed by atoms with Crippen molar-refractivity contribution in [2.45, 2.75) is 19.3 Å². The van der Waals surface area contributed by atoms with Crippen LogP contribution in [0.3, 0.4) is 0 Å². The first-order valence-electron chi connectivity index (χ1n) is 6.97. The molecule has 0 heterocycles. The third-order valence-corrected chi connectivity index (χ3v) is 3.30. The topological polar surface area (TPSA) is 63.6 Å². The predicted octanol–water partition coefficient (Wildman–Crippen LogP) is 2.57. The van der Waals surface area contributed by atoms with Gasteiger partial charge in [0.15, 0.2) is 5.78 Å². The van der Waals surface area contributed by atoms with Crippen LogP contribution in [0.2, 0.25) is 0 Å². The van der Waals surface area contributed by atoms with E-state index < -0.39 is 0 Å². The molecular formula is C17H18O4. The number of rotatable bonds is 5. The average molecular weight is 286 g/mol. The number of carbonyl (C=O) groups excluding carboxylic acids is 2. The van der Waals surface area contributed by atoms with Crippen LogP contribution in [0.1, 0.15) is 18.4 Å². The Morgan fingerprint density at radius 3 is 2.76 bits per heavy atom. The normalized spacial score (nSPS) is 18.1. The van der Waals surface area contributed by atoms with Gasteiger partial charge in [0, 0.05) is 18.9 Å². The molecule has 110 valence electrons. The first-order chi connectivity index (χ1) is 10.1. The van der Waals surface area contributed by atoms with Gasteiger partial charge in [-0.25, -0.2) is 4.79 Å². The summed E-state index contributed by atoms with van der Waals surface area (Å²) in [7, 11) is 0. The van der Waals surface area contributed by atoms with E-state index in [1.54, 1.807) is 36.4 Å². The molecule has 4 heteroatoms. The average Bonchev–Trinajstić information content (AvgIpc) is 2.49. The number of aromatic hydroxyl groups is 1. The second-order valence-corrected chi connectivity index (χ2v) is 4.97. The number of phenols is 1. The van der Waals surface area contributed by atoms with Crippen LogP contribution in [0.15, 0.2) is 48.6 Å². The fourth-order valence-corrected chi connectivity index (χ4v) is 2.06. The molecule has 1 aromatic rings. The van der Waals surface area contributed by atoms with E-state index in [1.807, 2.05) is 6.08 Å². The standard InChI is InChI=1S/C17H18O4/c18-15-6-1-13(2-7-15)5-10-17(20)21-12-11-14-3-8-16(19)9-4-14/h1,3-6,8-10,13,19H,2,7,11-12H2. The number of benzene rings is 1. The highest BCUT2D eigenvalue weighted by molar-refractivity contribution is 5.90. The van der Waals surface area contributed by atoms with E-state index >= 15 is 0 Å². The van der Waals surface area contributed by atoms with E-state index in [0.717, 1.165) is 12.0 Å². The summed E-state index contributed by atoms with van der Waals surface area (Å²) in [5, 5.41) is 9.16. The monoisotopic (exact) mass is 286 g/mol. The summed E-state index contributed by atoms with van der Waals surface area (Å²) < 4.78 is 5.11. The van der Waals surface area contributed by atoms with Crippen LogP contribution >= 0.6 is 0 Å². The van der Waals surface area contributed by atoms with Crippen molar-refractivity contribution < 1.29 is 19.4 Å². The molecule has 1 aliphatic carbocycles. The number of esters is 1. The SMILES string of the molecule is O=C1C=CC(C=CC(=O)OCCc2ccc(O)cc2)CC1. The minimum atomic E-state index is -0.376. The summed E-state index contributed by atoms with van der Waals surface area (Å²) >= 11 is 0. The smallest absolute Gasteiger partial charge is 0.330 e. The second-order valence-electron chi connectivity index (χ2n) is 4.97. The lowest BCUT2D eigenvalue weighted by Gasteiger charge is -2.10. The Morgan fingerprint density at radius 2 is 2.10 bits per heavy atom. The molecule has 0 spiro atoms. The summed E-state index contributed by atoms with van der Waals surface area (Å²) in [5.74, 6) is 0.111. The first-order valence-corrected chi connectivity index (χ1v) is 6.97. The molecule has 0 bridgehead atoms. The third kappa shape index (κ3) is 5.26. The third-order valence-electron chi connectivity index (χ3n) is 3.30. The zero-order chi connectivity index (χ0) is 15.1.